The van der Waals surface area contributed by atoms with Crippen molar-refractivity contribution in [3.8, 4) is 0 Å². The molecule has 104 valence electrons. The number of likely N-dealkylation sites (tertiary alicyclic amines) is 1. The number of aromatic nitrogens is 1. The highest BCUT2D eigenvalue weighted by atomic mass is 32.1. The van der Waals surface area contributed by atoms with E-state index in [1.165, 1.54) is 36.8 Å². The zero-order chi connectivity index (χ0) is 13.7. The van der Waals surface area contributed by atoms with Crippen LogP contribution in [0.15, 0.2) is 18.3 Å². The van der Waals surface area contributed by atoms with E-state index in [0.717, 1.165) is 6.54 Å². The van der Waals surface area contributed by atoms with Crippen LogP contribution in [0.5, 0.6) is 0 Å². The van der Waals surface area contributed by atoms with Crippen molar-refractivity contribution in [3.63, 3.8) is 0 Å². The summed E-state index contributed by atoms with van der Waals surface area (Å²) in [6, 6.07) is 0.650. The number of amides is 1. The van der Waals surface area contributed by atoms with Crippen LogP contribution in [0.3, 0.4) is 0 Å². The third kappa shape index (κ3) is 4.14. The minimum absolute atomic E-state index is 0.116. The predicted molar refractivity (Wildman–Crippen MR) is 79.3 cm³/mol. The van der Waals surface area contributed by atoms with E-state index in [-0.39, 0.29) is 5.91 Å². The van der Waals surface area contributed by atoms with Gasteiger partial charge in [0.1, 0.15) is 0 Å². The normalized spacial score (nSPS) is 20.8. The van der Waals surface area contributed by atoms with Gasteiger partial charge < -0.3 is 0 Å². The highest BCUT2D eigenvalue weighted by Gasteiger charge is 2.19. The van der Waals surface area contributed by atoms with Crippen molar-refractivity contribution in [2.45, 2.75) is 45.7 Å². The molecule has 1 aliphatic heterocycles. The zero-order valence-corrected chi connectivity index (χ0v) is 12.4. The van der Waals surface area contributed by atoms with Gasteiger partial charge in [-0.2, -0.15) is 0 Å². The minimum atomic E-state index is -0.116. The summed E-state index contributed by atoms with van der Waals surface area (Å²) in [5, 5.41) is 3.46. The maximum atomic E-state index is 11.4. The molecule has 0 spiro atoms. The molecule has 1 unspecified atom stereocenters. The summed E-state index contributed by atoms with van der Waals surface area (Å²) < 4.78 is 0. The van der Waals surface area contributed by atoms with Gasteiger partial charge in [0.2, 0.25) is 5.91 Å². The first kappa shape index (κ1) is 14.2. The number of allylic oxidation sites excluding steroid dienone is 1. The van der Waals surface area contributed by atoms with Gasteiger partial charge in [-0.25, -0.2) is 4.98 Å². The zero-order valence-electron chi connectivity index (χ0n) is 11.6. The van der Waals surface area contributed by atoms with Gasteiger partial charge in [0.05, 0.1) is 0 Å². The molecule has 1 saturated heterocycles. The Morgan fingerprint density at radius 1 is 1.63 bits per heavy atom. The number of nitrogens with zero attached hydrogens (tertiary/aromatic N) is 2. The van der Waals surface area contributed by atoms with Gasteiger partial charge in [0.15, 0.2) is 5.13 Å². The summed E-state index contributed by atoms with van der Waals surface area (Å²) in [4.78, 5) is 19.4. The van der Waals surface area contributed by atoms with Crippen LogP contribution >= 0.6 is 11.3 Å². The third-order valence-electron chi connectivity index (χ3n) is 3.40. The first-order chi connectivity index (χ1) is 9.19. The Balaban J connectivity index is 1.91. The molecule has 1 amide bonds. The Morgan fingerprint density at radius 2 is 2.47 bits per heavy atom. The Kier molecular flexibility index (Phi) is 5.10. The van der Waals surface area contributed by atoms with Crippen molar-refractivity contribution in [3.05, 3.63) is 23.2 Å². The van der Waals surface area contributed by atoms with Crippen molar-refractivity contribution >= 4 is 22.4 Å². The smallest absolute Gasteiger partial charge is 0.249 e. The van der Waals surface area contributed by atoms with Crippen molar-refractivity contribution in [2.75, 3.05) is 11.9 Å². The van der Waals surface area contributed by atoms with Gasteiger partial charge in [-0.15, -0.1) is 11.3 Å². The standard InChI is InChI=1S/C14H21N3OS/c1-3-6-13(18)16-14-15-9-12(19-14)10-17-8-5-4-7-11(17)2/h3,6,9,11H,4-5,7-8,10H2,1-2H3,(H,15,16,18)/b6-3+. The monoisotopic (exact) mass is 279 g/mol. The van der Waals surface area contributed by atoms with Crippen LogP contribution in [0.2, 0.25) is 0 Å². The average molecular weight is 279 g/mol. The molecule has 1 aromatic heterocycles. The fraction of sp³-hybridized carbons (Fsp3) is 0.571. The van der Waals surface area contributed by atoms with Gasteiger partial charge in [-0.3, -0.25) is 15.0 Å². The van der Waals surface area contributed by atoms with E-state index in [9.17, 15) is 4.79 Å². The van der Waals surface area contributed by atoms with Crippen LogP contribution in [-0.4, -0.2) is 28.4 Å². The SMILES string of the molecule is C/C=C/C(=O)Nc1ncc(CN2CCCCC2C)s1. The van der Waals surface area contributed by atoms with Crippen LogP contribution in [0, 0.1) is 0 Å². The molecule has 5 heteroatoms. The van der Waals surface area contributed by atoms with E-state index in [4.69, 9.17) is 0 Å². The molecule has 2 rings (SSSR count). The number of piperidine rings is 1. The highest BCUT2D eigenvalue weighted by Crippen LogP contribution is 2.24. The molecule has 2 heterocycles. The maximum Gasteiger partial charge on any atom is 0.249 e. The summed E-state index contributed by atoms with van der Waals surface area (Å²) in [5.74, 6) is -0.116. The van der Waals surface area contributed by atoms with E-state index in [1.54, 1.807) is 17.4 Å². The molecule has 0 bridgehead atoms. The first-order valence-corrected chi connectivity index (χ1v) is 7.63. The van der Waals surface area contributed by atoms with Gasteiger partial charge in [-0.05, 0) is 39.3 Å². The second-order valence-electron chi connectivity index (χ2n) is 4.94. The summed E-state index contributed by atoms with van der Waals surface area (Å²) in [7, 11) is 0. The minimum Gasteiger partial charge on any atom is -0.298 e. The molecule has 1 fully saturated rings. The van der Waals surface area contributed by atoms with E-state index >= 15 is 0 Å². The van der Waals surface area contributed by atoms with Crippen LogP contribution in [0.4, 0.5) is 5.13 Å². The molecule has 1 aromatic rings. The fourth-order valence-electron chi connectivity index (χ4n) is 2.33. The molecule has 0 aliphatic carbocycles. The molecule has 4 nitrogen and oxygen atoms in total. The Bertz CT molecular complexity index is 455. The van der Waals surface area contributed by atoms with Gasteiger partial charge >= 0.3 is 0 Å². The molecule has 0 saturated carbocycles. The van der Waals surface area contributed by atoms with Crippen molar-refractivity contribution in [1.82, 2.24) is 9.88 Å². The lowest BCUT2D eigenvalue weighted by molar-refractivity contribution is -0.111. The molecule has 1 N–H and O–H groups in total. The first-order valence-electron chi connectivity index (χ1n) is 6.81. The lowest BCUT2D eigenvalue weighted by Gasteiger charge is -2.32. The number of hydrogen-bond donors (Lipinski definition) is 1. The number of hydrogen-bond acceptors (Lipinski definition) is 4. The van der Waals surface area contributed by atoms with Gasteiger partial charge in [-0.1, -0.05) is 12.5 Å². The van der Waals surface area contributed by atoms with E-state index in [1.807, 2.05) is 13.1 Å². The lowest BCUT2D eigenvalue weighted by Crippen LogP contribution is -2.36. The average Bonchev–Trinajstić information content (AvgIpc) is 2.80. The highest BCUT2D eigenvalue weighted by molar-refractivity contribution is 7.15. The van der Waals surface area contributed by atoms with Gasteiger partial charge in [0.25, 0.3) is 0 Å². The number of carbonyl (C=O) groups is 1. The maximum absolute atomic E-state index is 11.4. The number of anilines is 1. The van der Waals surface area contributed by atoms with Crippen molar-refractivity contribution < 1.29 is 4.79 Å². The van der Waals surface area contributed by atoms with Crippen LogP contribution in [-0.2, 0) is 11.3 Å². The summed E-state index contributed by atoms with van der Waals surface area (Å²) in [5.41, 5.74) is 0. The predicted octanol–water partition coefficient (Wildman–Crippen LogP) is 3.03. The van der Waals surface area contributed by atoms with Crippen LogP contribution in [0.1, 0.15) is 38.0 Å². The number of nitrogens with one attached hydrogen (secondary N) is 1. The van der Waals surface area contributed by atoms with Crippen LogP contribution in [0.25, 0.3) is 0 Å². The lowest BCUT2D eigenvalue weighted by atomic mass is 10.0. The number of rotatable bonds is 4. The fourth-order valence-corrected chi connectivity index (χ4v) is 3.17. The van der Waals surface area contributed by atoms with Crippen molar-refractivity contribution in [1.29, 1.82) is 0 Å². The van der Waals surface area contributed by atoms with E-state index < -0.39 is 0 Å². The second kappa shape index (κ2) is 6.82. The quantitative estimate of drug-likeness (QED) is 0.862. The Morgan fingerprint density at radius 3 is 3.21 bits per heavy atom. The number of carbonyl (C=O) groups excluding carboxylic acids is 1. The molecule has 1 atom stereocenters. The Hall–Kier alpha value is -1.20. The molecular formula is C14H21N3OS. The molecule has 1 aliphatic rings. The molecule has 19 heavy (non-hydrogen) atoms. The molecular weight excluding hydrogens is 258 g/mol. The third-order valence-corrected chi connectivity index (χ3v) is 4.30. The Labute approximate surface area is 118 Å². The number of thiazole rings is 1. The van der Waals surface area contributed by atoms with E-state index in [2.05, 4.69) is 22.1 Å². The second-order valence-corrected chi connectivity index (χ2v) is 6.05. The largest absolute Gasteiger partial charge is 0.298 e. The van der Waals surface area contributed by atoms with Crippen molar-refractivity contribution in [2.24, 2.45) is 0 Å². The molecule has 0 aromatic carbocycles. The van der Waals surface area contributed by atoms with Gasteiger partial charge in [0, 0.05) is 23.7 Å². The molecule has 0 radical (unpaired) electrons. The summed E-state index contributed by atoms with van der Waals surface area (Å²) in [6.45, 7) is 6.22. The summed E-state index contributed by atoms with van der Waals surface area (Å²) >= 11 is 1.56. The van der Waals surface area contributed by atoms with Crippen LogP contribution < -0.4 is 5.32 Å². The van der Waals surface area contributed by atoms with E-state index in [0.29, 0.717) is 11.2 Å². The topological polar surface area (TPSA) is 45.2 Å². The summed E-state index contributed by atoms with van der Waals surface area (Å²) in [6.07, 6.45) is 9.01.